The third kappa shape index (κ3) is 2.35. The number of nitrogens with zero attached hydrogens (tertiary/aromatic N) is 2. The zero-order chi connectivity index (χ0) is 12.3. The lowest BCUT2D eigenvalue weighted by molar-refractivity contribution is 0.595. The molecule has 1 aromatic carbocycles. The number of benzene rings is 1. The van der Waals surface area contributed by atoms with Crippen LogP contribution in [0, 0.1) is 17.1 Å². The Balaban J connectivity index is 2.33. The highest BCUT2D eigenvalue weighted by atomic mass is 19.1. The highest BCUT2D eigenvalue weighted by Gasteiger charge is 2.06. The minimum Gasteiger partial charge on any atom is -0.346 e. The molecule has 0 atom stereocenters. The molecule has 2 aromatic rings. The average Bonchev–Trinajstić information content (AvgIpc) is 2.79. The van der Waals surface area contributed by atoms with Crippen molar-refractivity contribution in [3.8, 4) is 6.07 Å². The Morgan fingerprint density at radius 2 is 2.18 bits per heavy atom. The van der Waals surface area contributed by atoms with Crippen LogP contribution in [0.25, 0.3) is 0 Å². The van der Waals surface area contributed by atoms with Gasteiger partial charge in [0, 0.05) is 24.0 Å². The van der Waals surface area contributed by atoms with Crippen LogP contribution in [0.2, 0.25) is 0 Å². The number of hydrogen-bond acceptors (Lipinski definition) is 2. The molecule has 0 unspecified atom stereocenters. The van der Waals surface area contributed by atoms with Crippen molar-refractivity contribution in [3.63, 3.8) is 0 Å². The van der Waals surface area contributed by atoms with Crippen LogP contribution in [0.4, 0.5) is 4.39 Å². The third-order valence-corrected chi connectivity index (χ3v) is 2.65. The molecule has 0 aliphatic carbocycles. The van der Waals surface area contributed by atoms with Crippen LogP contribution in [0.5, 0.6) is 0 Å². The fourth-order valence-corrected chi connectivity index (χ4v) is 1.74. The summed E-state index contributed by atoms with van der Waals surface area (Å²) in [6.45, 7) is 0.799. The molecule has 0 spiro atoms. The lowest BCUT2D eigenvalue weighted by Crippen LogP contribution is -2.08. The molecule has 0 radical (unpaired) electrons. The first-order valence-corrected chi connectivity index (χ1v) is 5.27. The molecule has 1 heterocycles. The highest BCUT2D eigenvalue weighted by molar-refractivity contribution is 5.34. The normalized spacial score (nSPS) is 10.2. The Morgan fingerprint density at radius 1 is 1.35 bits per heavy atom. The predicted octanol–water partition coefficient (Wildman–Crippen LogP) is 2.01. The van der Waals surface area contributed by atoms with Crippen LogP contribution in [-0.4, -0.2) is 4.57 Å². The van der Waals surface area contributed by atoms with E-state index in [2.05, 4.69) is 0 Å². The lowest BCUT2D eigenvalue weighted by atomic mass is 10.1. The van der Waals surface area contributed by atoms with Crippen LogP contribution in [-0.2, 0) is 13.1 Å². The maximum Gasteiger partial charge on any atom is 0.128 e. The van der Waals surface area contributed by atoms with Gasteiger partial charge in [0.2, 0.25) is 0 Å². The van der Waals surface area contributed by atoms with E-state index in [1.165, 1.54) is 12.1 Å². The molecule has 17 heavy (non-hydrogen) atoms. The first-order valence-electron chi connectivity index (χ1n) is 5.27. The molecule has 0 bridgehead atoms. The van der Waals surface area contributed by atoms with Crippen molar-refractivity contribution >= 4 is 0 Å². The molecule has 86 valence electrons. The van der Waals surface area contributed by atoms with Gasteiger partial charge in [0.1, 0.15) is 5.82 Å². The molecule has 0 saturated heterocycles. The number of halogens is 1. The number of nitriles is 1. The molecule has 2 rings (SSSR count). The lowest BCUT2D eigenvalue weighted by Gasteiger charge is -2.09. The molecular formula is C13H12FN3. The summed E-state index contributed by atoms with van der Waals surface area (Å²) in [7, 11) is 0. The van der Waals surface area contributed by atoms with Gasteiger partial charge in [-0.1, -0.05) is 0 Å². The zero-order valence-electron chi connectivity index (χ0n) is 9.23. The van der Waals surface area contributed by atoms with Crippen molar-refractivity contribution in [2.45, 2.75) is 13.1 Å². The summed E-state index contributed by atoms with van der Waals surface area (Å²) in [6, 6.07) is 10.1. The Bertz CT molecular complexity index is 566. The second kappa shape index (κ2) is 4.81. The molecule has 2 N–H and O–H groups in total. The van der Waals surface area contributed by atoms with E-state index in [9.17, 15) is 4.39 Å². The van der Waals surface area contributed by atoms with E-state index in [1.807, 2.05) is 29.0 Å². The van der Waals surface area contributed by atoms with Crippen LogP contribution in [0.1, 0.15) is 16.8 Å². The number of nitrogens with two attached hydrogens (primary N) is 1. The summed E-state index contributed by atoms with van der Waals surface area (Å²) < 4.78 is 15.5. The van der Waals surface area contributed by atoms with E-state index < -0.39 is 0 Å². The average molecular weight is 229 g/mol. The number of aromatic nitrogens is 1. The molecular weight excluding hydrogens is 217 g/mol. The Kier molecular flexibility index (Phi) is 3.22. The van der Waals surface area contributed by atoms with Crippen molar-refractivity contribution < 1.29 is 4.39 Å². The standard InChI is InChI=1S/C13H12FN3/c14-13-4-3-10(7-15)6-11(13)9-17-5-1-2-12(17)8-16/h1-6H,8-9,16H2. The first-order chi connectivity index (χ1) is 8.24. The maximum absolute atomic E-state index is 13.6. The van der Waals surface area contributed by atoms with E-state index in [-0.39, 0.29) is 5.82 Å². The van der Waals surface area contributed by atoms with Gasteiger partial charge < -0.3 is 10.3 Å². The van der Waals surface area contributed by atoms with Crippen molar-refractivity contribution in [2.75, 3.05) is 0 Å². The minimum atomic E-state index is -0.305. The second-order valence-electron chi connectivity index (χ2n) is 3.75. The first kappa shape index (κ1) is 11.4. The van der Waals surface area contributed by atoms with Crippen molar-refractivity contribution in [1.82, 2.24) is 4.57 Å². The van der Waals surface area contributed by atoms with E-state index in [1.54, 1.807) is 6.07 Å². The molecule has 1 aromatic heterocycles. The molecule has 0 aliphatic rings. The fourth-order valence-electron chi connectivity index (χ4n) is 1.74. The van der Waals surface area contributed by atoms with Crippen LogP contribution >= 0.6 is 0 Å². The molecule has 0 aliphatic heterocycles. The summed E-state index contributed by atoms with van der Waals surface area (Å²) in [5, 5.41) is 8.78. The van der Waals surface area contributed by atoms with E-state index >= 15 is 0 Å². The fraction of sp³-hybridized carbons (Fsp3) is 0.154. The topological polar surface area (TPSA) is 54.7 Å². The Labute approximate surface area is 98.9 Å². The zero-order valence-corrected chi connectivity index (χ0v) is 9.23. The monoisotopic (exact) mass is 229 g/mol. The van der Waals surface area contributed by atoms with Crippen LogP contribution < -0.4 is 5.73 Å². The van der Waals surface area contributed by atoms with Crippen molar-refractivity contribution in [2.24, 2.45) is 5.73 Å². The Morgan fingerprint density at radius 3 is 2.88 bits per heavy atom. The van der Waals surface area contributed by atoms with Gasteiger partial charge in [-0.2, -0.15) is 5.26 Å². The van der Waals surface area contributed by atoms with Gasteiger partial charge in [0.05, 0.1) is 18.2 Å². The molecule has 0 fully saturated rings. The smallest absolute Gasteiger partial charge is 0.128 e. The Hall–Kier alpha value is -2.12. The highest BCUT2D eigenvalue weighted by Crippen LogP contribution is 2.13. The SMILES string of the molecule is N#Cc1ccc(F)c(Cn2cccc2CN)c1. The predicted molar refractivity (Wildman–Crippen MR) is 62.5 cm³/mol. The van der Waals surface area contributed by atoms with Crippen LogP contribution in [0.15, 0.2) is 36.5 Å². The van der Waals surface area contributed by atoms with Gasteiger partial charge in [-0.15, -0.1) is 0 Å². The van der Waals surface area contributed by atoms with E-state index in [0.29, 0.717) is 24.2 Å². The van der Waals surface area contributed by atoms with Gasteiger partial charge >= 0.3 is 0 Å². The molecule has 3 nitrogen and oxygen atoms in total. The molecule has 0 saturated carbocycles. The van der Waals surface area contributed by atoms with Gasteiger partial charge in [0.15, 0.2) is 0 Å². The van der Waals surface area contributed by atoms with Gasteiger partial charge in [0.25, 0.3) is 0 Å². The summed E-state index contributed by atoms with van der Waals surface area (Å²) >= 11 is 0. The number of hydrogen-bond donors (Lipinski definition) is 1. The summed E-state index contributed by atoms with van der Waals surface area (Å²) in [4.78, 5) is 0. The van der Waals surface area contributed by atoms with Crippen LogP contribution in [0.3, 0.4) is 0 Å². The van der Waals surface area contributed by atoms with Gasteiger partial charge in [-0.3, -0.25) is 0 Å². The van der Waals surface area contributed by atoms with Gasteiger partial charge in [-0.05, 0) is 30.3 Å². The number of rotatable bonds is 3. The molecule has 0 amide bonds. The largest absolute Gasteiger partial charge is 0.346 e. The maximum atomic E-state index is 13.6. The van der Waals surface area contributed by atoms with E-state index in [4.69, 9.17) is 11.0 Å². The van der Waals surface area contributed by atoms with E-state index in [0.717, 1.165) is 5.69 Å². The summed E-state index contributed by atoms with van der Waals surface area (Å²) in [5.41, 5.74) is 7.47. The summed E-state index contributed by atoms with van der Waals surface area (Å²) in [5.74, 6) is -0.305. The molecule has 4 heteroatoms. The van der Waals surface area contributed by atoms with Gasteiger partial charge in [-0.25, -0.2) is 4.39 Å². The van der Waals surface area contributed by atoms with Crippen molar-refractivity contribution in [1.29, 1.82) is 5.26 Å². The quantitative estimate of drug-likeness (QED) is 0.875. The minimum absolute atomic E-state index is 0.305. The second-order valence-corrected chi connectivity index (χ2v) is 3.75. The van der Waals surface area contributed by atoms with Crippen molar-refractivity contribution in [3.05, 3.63) is 59.2 Å². The summed E-state index contributed by atoms with van der Waals surface area (Å²) in [6.07, 6.45) is 1.85. The third-order valence-electron chi connectivity index (χ3n) is 2.65.